The second-order valence-corrected chi connectivity index (χ2v) is 9.27. The van der Waals surface area contributed by atoms with E-state index in [9.17, 15) is 17.6 Å². The highest BCUT2D eigenvalue weighted by Crippen LogP contribution is 2.32. The maximum atomic E-state index is 14.1. The number of nitrogens with one attached hydrogen (secondary N) is 1. The van der Waals surface area contributed by atoms with E-state index in [2.05, 4.69) is 10.3 Å². The second kappa shape index (κ2) is 9.25. The number of carbonyl (C=O) groups is 1. The van der Waals surface area contributed by atoms with Gasteiger partial charge in [-0.2, -0.15) is 0 Å². The average Bonchev–Trinajstić information content (AvgIpc) is 2.93. The molecule has 2 atom stereocenters. The first-order valence-corrected chi connectivity index (χ1v) is 11.4. The number of anilines is 1. The van der Waals surface area contributed by atoms with Crippen LogP contribution in [0.2, 0.25) is 5.02 Å². The van der Waals surface area contributed by atoms with Crippen LogP contribution in [0.1, 0.15) is 22.2 Å². The Balaban J connectivity index is 2.01. The molecule has 2 heterocycles. The number of carbonyl (C=O) groups excluding carboxylic acids is 1. The van der Waals surface area contributed by atoms with Crippen LogP contribution in [0.4, 0.5) is 10.1 Å². The molecule has 1 aromatic heterocycles. The standard InChI is InChI=1S/C19H22ClFN4O4S/c1-30(27,28)25(16-3-2-6-24-17(16)19(22)26)11-13-10-23-7-8-29-18(13)12-4-5-14(20)15(21)9-12/h2-6,9,13,18,23H,7-8,10-11H2,1H3,(H2,22,26)/t13-,18-/m0/s1. The number of benzene rings is 1. The monoisotopic (exact) mass is 456 g/mol. The van der Waals surface area contributed by atoms with E-state index >= 15 is 0 Å². The average molecular weight is 457 g/mol. The van der Waals surface area contributed by atoms with Crippen molar-refractivity contribution in [2.24, 2.45) is 11.7 Å². The van der Waals surface area contributed by atoms with Crippen molar-refractivity contribution in [3.05, 3.63) is 58.6 Å². The molecule has 3 N–H and O–H groups in total. The Morgan fingerprint density at radius 3 is 2.87 bits per heavy atom. The molecule has 8 nitrogen and oxygen atoms in total. The number of nitrogens with two attached hydrogens (primary N) is 1. The van der Waals surface area contributed by atoms with E-state index in [0.29, 0.717) is 25.3 Å². The number of hydrogen-bond acceptors (Lipinski definition) is 6. The van der Waals surface area contributed by atoms with E-state index in [1.807, 2.05) is 0 Å². The number of nitrogens with zero attached hydrogens (tertiary/aromatic N) is 2. The summed E-state index contributed by atoms with van der Waals surface area (Å²) in [4.78, 5) is 15.7. The van der Waals surface area contributed by atoms with E-state index in [4.69, 9.17) is 22.1 Å². The molecule has 0 aliphatic carbocycles. The molecule has 1 fully saturated rings. The predicted octanol–water partition coefficient (Wildman–Crippen LogP) is 1.72. The Morgan fingerprint density at radius 1 is 1.43 bits per heavy atom. The predicted molar refractivity (Wildman–Crippen MR) is 111 cm³/mol. The largest absolute Gasteiger partial charge is 0.372 e. The van der Waals surface area contributed by atoms with Gasteiger partial charge in [-0.25, -0.2) is 17.8 Å². The first kappa shape index (κ1) is 22.4. The molecule has 3 rings (SSSR count). The summed E-state index contributed by atoms with van der Waals surface area (Å²) < 4.78 is 46.3. The third-order valence-electron chi connectivity index (χ3n) is 4.77. The zero-order valence-corrected chi connectivity index (χ0v) is 17.8. The minimum atomic E-state index is -3.80. The van der Waals surface area contributed by atoms with Gasteiger partial charge in [0, 0.05) is 31.7 Å². The summed E-state index contributed by atoms with van der Waals surface area (Å²) in [5.41, 5.74) is 5.86. The summed E-state index contributed by atoms with van der Waals surface area (Å²) in [5, 5.41) is 3.18. The zero-order valence-electron chi connectivity index (χ0n) is 16.2. The van der Waals surface area contributed by atoms with Crippen molar-refractivity contribution < 1.29 is 22.3 Å². The molecule has 1 amide bonds. The number of sulfonamides is 1. The SMILES string of the molecule is CS(=O)(=O)N(C[C@@H]1CNCCO[C@H]1c1ccc(Cl)c(F)c1)c1cccnc1C(N)=O. The van der Waals surface area contributed by atoms with Gasteiger partial charge in [-0.3, -0.25) is 9.10 Å². The van der Waals surface area contributed by atoms with Crippen LogP contribution in [-0.4, -0.2) is 51.8 Å². The number of pyridine rings is 1. The van der Waals surface area contributed by atoms with Crippen molar-refractivity contribution in [2.75, 3.05) is 36.8 Å². The molecule has 1 aromatic carbocycles. The Kier molecular flexibility index (Phi) is 6.91. The third kappa shape index (κ3) is 5.07. The lowest BCUT2D eigenvalue weighted by Crippen LogP contribution is -2.41. The van der Waals surface area contributed by atoms with Crippen molar-refractivity contribution in [1.82, 2.24) is 10.3 Å². The summed E-state index contributed by atoms with van der Waals surface area (Å²) in [7, 11) is -3.80. The van der Waals surface area contributed by atoms with Gasteiger partial charge >= 0.3 is 0 Å². The van der Waals surface area contributed by atoms with Crippen molar-refractivity contribution in [3.8, 4) is 0 Å². The Hall–Kier alpha value is -2.27. The van der Waals surface area contributed by atoms with Crippen LogP contribution in [0, 0.1) is 11.7 Å². The Morgan fingerprint density at radius 2 is 2.20 bits per heavy atom. The van der Waals surface area contributed by atoms with E-state index in [-0.39, 0.29) is 22.9 Å². The molecule has 0 radical (unpaired) electrons. The Bertz CT molecular complexity index is 1040. The van der Waals surface area contributed by atoms with Gasteiger partial charge in [0.15, 0.2) is 5.69 Å². The van der Waals surface area contributed by atoms with Crippen LogP contribution in [0.25, 0.3) is 0 Å². The van der Waals surface area contributed by atoms with Gasteiger partial charge in [-0.15, -0.1) is 0 Å². The fourth-order valence-corrected chi connectivity index (χ4v) is 4.50. The lowest BCUT2D eigenvalue weighted by Gasteiger charge is -2.31. The summed E-state index contributed by atoms with van der Waals surface area (Å²) in [5.74, 6) is -1.83. The molecular formula is C19H22ClFN4O4S. The highest BCUT2D eigenvalue weighted by atomic mass is 35.5. The number of ether oxygens (including phenoxy) is 1. The van der Waals surface area contributed by atoms with Crippen molar-refractivity contribution >= 4 is 33.2 Å². The topological polar surface area (TPSA) is 115 Å². The smallest absolute Gasteiger partial charge is 0.269 e. The maximum Gasteiger partial charge on any atom is 0.269 e. The van der Waals surface area contributed by atoms with Crippen LogP contribution in [-0.2, 0) is 14.8 Å². The van der Waals surface area contributed by atoms with E-state index in [0.717, 1.165) is 10.6 Å². The highest BCUT2D eigenvalue weighted by molar-refractivity contribution is 7.92. The van der Waals surface area contributed by atoms with Crippen LogP contribution in [0.15, 0.2) is 36.5 Å². The van der Waals surface area contributed by atoms with Crippen LogP contribution in [0.3, 0.4) is 0 Å². The number of amides is 1. The van der Waals surface area contributed by atoms with Gasteiger partial charge in [0.2, 0.25) is 10.0 Å². The van der Waals surface area contributed by atoms with Crippen molar-refractivity contribution in [1.29, 1.82) is 0 Å². The molecule has 1 aliphatic heterocycles. The van der Waals surface area contributed by atoms with Gasteiger partial charge in [0.25, 0.3) is 5.91 Å². The normalized spacial score (nSPS) is 19.8. The number of primary amides is 1. The summed E-state index contributed by atoms with van der Waals surface area (Å²) in [6, 6.07) is 7.36. The van der Waals surface area contributed by atoms with E-state index in [1.54, 1.807) is 6.07 Å². The van der Waals surface area contributed by atoms with Crippen molar-refractivity contribution in [3.63, 3.8) is 0 Å². The summed E-state index contributed by atoms with van der Waals surface area (Å²) in [6.07, 6.45) is 1.80. The number of hydrogen-bond donors (Lipinski definition) is 2. The number of rotatable bonds is 6. The molecule has 0 spiro atoms. The quantitative estimate of drug-likeness (QED) is 0.684. The molecule has 11 heteroatoms. The van der Waals surface area contributed by atoms with Gasteiger partial charge in [-0.1, -0.05) is 17.7 Å². The fraction of sp³-hybridized carbons (Fsp3) is 0.368. The lowest BCUT2D eigenvalue weighted by molar-refractivity contribution is 0.0333. The maximum absolute atomic E-state index is 14.1. The molecule has 0 unspecified atom stereocenters. The molecule has 0 saturated carbocycles. The lowest BCUT2D eigenvalue weighted by atomic mass is 9.95. The minimum Gasteiger partial charge on any atom is -0.372 e. The highest BCUT2D eigenvalue weighted by Gasteiger charge is 2.33. The number of halogens is 2. The minimum absolute atomic E-state index is 0.0127. The Labute approximate surface area is 179 Å². The van der Waals surface area contributed by atoms with Crippen LogP contribution >= 0.6 is 11.6 Å². The fourth-order valence-electron chi connectivity index (χ4n) is 3.42. The summed E-state index contributed by atoms with van der Waals surface area (Å²) in [6.45, 7) is 1.30. The molecule has 1 aliphatic rings. The first-order chi connectivity index (χ1) is 14.2. The zero-order chi connectivity index (χ0) is 21.9. The van der Waals surface area contributed by atoms with E-state index < -0.39 is 33.8 Å². The van der Waals surface area contributed by atoms with Crippen molar-refractivity contribution in [2.45, 2.75) is 6.10 Å². The molecule has 2 aromatic rings. The van der Waals surface area contributed by atoms with Crippen LogP contribution in [0.5, 0.6) is 0 Å². The summed E-state index contributed by atoms with van der Waals surface area (Å²) >= 11 is 5.79. The molecule has 0 bridgehead atoms. The number of aromatic nitrogens is 1. The first-order valence-electron chi connectivity index (χ1n) is 9.18. The van der Waals surface area contributed by atoms with Gasteiger partial charge in [-0.05, 0) is 29.8 Å². The second-order valence-electron chi connectivity index (χ2n) is 6.96. The van der Waals surface area contributed by atoms with Crippen LogP contribution < -0.4 is 15.4 Å². The molecule has 1 saturated heterocycles. The van der Waals surface area contributed by atoms with Gasteiger partial charge in [0.1, 0.15) is 5.82 Å². The molecule has 30 heavy (non-hydrogen) atoms. The molecular weight excluding hydrogens is 435 g/mol. The van der Waals surface area contributed by atoms with Gasteiger partial charge in [0.05, 0.1) is 29.7 Å². The van der Waals surface area contributed by atoms with E-state index in [1.165, 1.54) is 30.5 Å². The van der Waals surface area contributed by atoms with Gasteiger partial charge < -0.3 is 15.8 Å². The third-order valence-corrected chi connectivity index (χ3v) is 6.23. The molecule has 162 valence electrons.